The van der Waals surface area contributed by atoms with Gasteiger partial charge in [0, 0.05) is 35.7 Å². The van der Waals surface area contributed by atoms with E-state index in [4.69, 9.17) is 9.47 Å². The quantitative estimate of drug-likeness (QED) is 0.395. The molecule has 0 bridgehead atoms. The van der Waals surface area contributed by atoms with Gasteiger partial charge in [-0.3, -0.25) is 9.52 Å². The molecule has 0 radical (unpaired) electrons. The number of pyridine rings is 1. The molecule has 0 fully saturated rings. The lowest BCUT2D eigenvalue weighted by Gasteiger charge is -2.17. The standard InChI is InChI=1S/C23H23F3N2O6S/c1-3-32-14-15-11-22(29)27-13-20(15)19-12-16(28-35(30,31)4-2)5-10-21(19)33-17-6-8-18(9-7-17)34-23(24,25)26/h5-13,28H,3-4,14H2,1-2H3,(H,27,29). The fourth-order valence-corrected chi connectivity index (χ4v) is 3.71. The summed E-state index contributed by atoms with van der Waals surface area (Å²) < 4.78 is 79.1. The van der Waals surface area contributed by atoms with Crippen molar-refractivity contribution in [2.45, 2.75) is 26.8 Å². The van der Waals surface area contributed by atoms with Gasteiger partial charge in [0.05, 0.1) is 12.4 Å². The van der Waals surface area contributed by atoms with Gasteiger partial charge in [-0.05, 0) is 61.9 Å². The maximum Gasteiger partial charge on any atom is 0.573 e. The number of ether oxygens (including phenoxy) is 3. The topological polar surface area (TPSA) is 107 Å². The molecule has 8 nitrogen and oxygen atoms in total. The van der Waals surface area contributed by atoms with Crippen LogP contribution in [0.4, 0.5) is 18.9 Å². The summed E-state index contributed by atoms with van der Waals surface area (Å²) in [6, 6.07) is 10.7. The molecule has 0 aliphatic carbocycles. The number of rotatable bonds is 10. The van der Waals surface area contributed by atoms with Crippen molar-refractivity contribution < 1.29 is 35.8 Å². The van der Waals surface area contributed by atoms with E-state index in [0.29, 0.717) is 23.3 Å². The van der Waals surface area contributed by atoms with E-state index in [0.717, 1.165) is 12.1 Å². The molecular weight excluding hydrogens is 489 g/mol. The number of nitrogens with one attached hydrogen (secondary N) is 2. The normalized spacial score (nSPS) is 11.8. The Labute approximate surface area is 199 Å². The summed E-state index contributed by atoms with van der Waals surface area (Å²) in [5.41, 5.74) is 1.38. The van der Waals surface area contributed by atoms with E-state index in [1.807, 2.05) is 0 Å². The smallest absolute Gasteiger partial charge is 0.457 e. The number of aromatic nitrogens is 1. The molecule has 3 aromatic rings. The molecular formula is C23H23F3N2O6S. The van der Waals surface area contributed by atoms with Gasteiger partial charge in [0.25, 0.3) is 0 Å². The maximum absolute atomic E-state index is 12.4. The van der Waals surface area contributed by atoms with Crippen LogP contribution in [-0.4, -0.2) is 32.1 Å². The molecule has 2 aromatic carbocycles. The minimum absolute atomic E-state index is 0.115. The predicted octanol–water partition coefficient (Wildman–Crippen LogP) is 5.03. The van der Waals surface area contributed by atoms with Crippen molar-refractivity contribution in [2.75, 3.05) is 17.1 Å². The molecule has 0 saturated heterocycles. The van der Waals surface area contributed by atoms with Gasteiger partial charge < -0.3 is 19.2 Å². The van der Waals surface area contributed by atoms with Gasteiger partial charge in [0.2, 0.25) is 15.6 Å². The molecule has 2 N–H and O–H groups in total. The molecule has 0 amide bonds. The zero-order valence-electron chi connectivity index (χ0n) is 18.8. The lowest BCUT2D eigenvalue weighted by molar-refractivity contribution is -0.274. The molecule has 3 rings (SSSR count). The number of halogens is 3. The number of benzene rings is 2. The van der Waals surface area contributed by atoms with Crippen molar-refractivity contribution in [3.05, 3.63) is 70.6 Å². The predicted molar refractivity (Wildman–Crippen MR) is 124 cm³/mol. The van der Waals surface area contributed by atoms with Gasteiger partial charge >= 0.3 is 6.36 Å². The molecule has 0 unspecified atom stereocenters. The Morgan fingerprint density at radius 1 is 0.971 bits per heavy atom. The first kappa shape index (κ1) is 26.1. The summed E-state index contributed by atoms with van der Waals surface area (Å²) in [6.45, 7) is 3.81. The van der Waals surface area contributed by atoms with E-state index < -0.39 is 22.1 Å². The van der Waals surface area contributed by atoms with Crippen molar-refractivity contribution in [3.63, 3.8) is 0 Å². The molecule has 1 heterocycles. The van der Waals surface area contributed by atoms with Crippen molar-refractivity contribution in [3.8, 4) is 28.4 Å². The van der Waals surface area contributed by atoms with Gasteiger partial charge in [-0.1, -0.05) is 0 Å². The van der Waals surface area contributed by atoms with Crippen molar-refractivity contribution in [1.82, 2.24) is 4.98 Å². The van der Waals surface area contributed by atoms with Crippen molar-refractivity contribution in [2.24, 2.45) is 0 Å². The highest BCUT2D eigenvalue weighted by Gasteiger charge is 2.31. The second-order valence-corrected chi connectivity index (χ2v) is 9.22. The van der Waals surface area contributed by atoms with Crippen LogP contribution < -0.4 is 19.8 Å². The fraction of sp³-hybridized carbons (Fsp3) is 0.261. The number of anilines is 1. The van der Waals surface area contributed by atoms with Crippen LogP contribution in [0, 0.1) is 0 Å². The maximum atomic E-state index is 12.4. The lowest BCUT2D eigenvalue weighted by Crippen LogP contribution is -2.16. The number of hydrogen-bond donors (Lipinski definition) is 2. The SMILES string of the molecule is CCOCc1cc(=O)[nH]cc1-c1cc(NS(=O)(=O)CC)ccc1Oc1ccc(OC(F)(F)F)cc1. The average Bonchev–Trinajstić information content (AvgIpc) is 2.79. The molecule has 12 heteroatoms. The third kappa shape index (κ3) is 7.49. The highest BCUT2D eigenvalue weighted by atomic mass is 32.2. The number of H-pyrrole nitrogens is 1. The summed E-state index contributed by atoms with van der Waals surface area (Å²) in [6.07, 6.45) is -3.37. The Balaban J connectivity index is 2.04. The highest BCUT2D eigenvalue weighted by Crippen LogP contribution is 2.38. The highest BCUT2D eigenvalue weighted by molar-refractivity contribution is 7.92. The minimum Gasteiger partial charge on any atom is -0.457 e. The van der Waals surface area contributed by atoms with Crippen LogP contribution in [0.15, 0.2) is 59.5 Å². The second-order valence-electron chi connectivity index (χ2n) is 7.21. The number of hydrogen-bond acceptors (Lipinski definition) is 6. The third-order valence-electron chi connectivity index (χ3n) is 4.68. The Morgan fingerprint density at radius 3 is 2.29 bits per heavy atom. The first-order chi connectivity index (χ1) is 16.5. The molecule has 0 atom stereocenters. The average molecular weight is 513 g/mol. The molecule has 0 spiro atoms. The molecule has 0 saturated carbocycles. The second kappa shape index (κ2) is 10.8. The van der Waals surface area contributed by atoms with Crippen LogP contribution in [0.2, 0.25) is 0 Å². The summed E-state index contributed by atoms with van der Waals surface area (Å²) in [7, 11) is -3.57. The van der Waals surface area contributed by atoms with Crippen LogP contribution in [-0.2, 0) is 21.4 Å². The van der Waals surface area contributed by atoms with Gasteiger partial charge in [-0.2, -0.15) is 0 Å². The van der Waals surface area contributed by atoms with Gasteiger partial charge in [0.15, 0.2) is 0 Å². The zero-order chi connectivity index (χ0) is 25.6. The zero-order valence-corrected chi connectivity index (χ0v) is 19.6. The first-order valence-corrected chi connectivity index (χ1v) is 12.1. The Hall–Kier alpha value is -3.51. The van der Waals surface area contributed by atoms with E-state index in [-0.39, 0.29) is 35.1 Å². The van der Waals surface area contributed by atoms with Gasteiger partial charge in [-0.15, -0.1) is 13.2 Å². The molecule has 0 aliphatic heterocycles. The summed E-state index contributed by atoms with van der Waals surface area (Å²) in [4.78, 5) is 14.5. The van der Waals surface area contributed by atoms with Crippen molar-refractivity contribution in [1.29, 1.82) is 0 Å². The summed E-state index contributed by atoms with van der Waals surface area (Å²) in [5.74, 6) is -0.0764. The van der Waals surface area contributed by atoms with Crippen LogP contribution >= 0.6 is 0 Å². The van der Waals surface area contributed by atoms with E-state index in [2.05, 4.69) is 14.4 Å². The summed E-state index contributed by atoms with van der Waals surface area (Å²) in [5, 5.41) is 0. The van der Waals surface area contributed by atoms with E-state index in [9.17, 15) is 26.4 Å². The summed E-state index contributed by atoms with van der Waals surface area (Å²) >= 11 is 0. The van der Waals surface area contributed by atoms with E-state index in [1.165, 1.54) is 49.5 Å². The molecule has 188 valence electrons. The molecule has 0 aliphatic rings. The number of sulfonamides is 1. The number of alkyl halides is 3. The van der Waals surface area contributed by atoms with E-state index in [1.54, 1.807) is 6.92 Å². The Kier molecular flexibility index (Phi) is 8.07. The minimum atomic E-state index is -4.82. The van der Waals surface area contributed by atoms with Gasteiger partial charge in [-0.25, -0.2) is 8.42 Å². The van der Waals surface area contributed by atoms with Gasteiger partial charge in [0.1, 0.15) is 17.2 Å². The van der Waals surface area contributed by atoms with Crippen LogP contribution in [0.25, 0.3) is 11.1 Å². The first-order valence-electron chi connectivity index (χ1n) is 10.5. The largest absolute Gasteiger partial charge is 0.573 e. The van der Waals surface area contributed by atoms with Crippen LogP contribution in [0.1, 0.15) is 19.4 Å². The van der Waals surface area contributed by atoms with Crippen molar-refractivity contribution >= 4 is 15.7 Å². The fourth-order valence-electron chi connectivity index (χ4n) is 3.08. The lowest BCUT2D eigenvalue weighted by atomic mass is 10.0. The van der Waals surface area contributed by atoms with E-state index >= 15 is 0 Å². The monoisotopic (exact) mass is 512 g/mol. The van der Waals surface area contributed by atoms with Crippen LogP contribution in [0.3, 0.4) is 0 Å². The third-order valence-corrected chi connectivity index (χ3v) is 5.99. The molecule has 1 aromatic heterocycles. The van der Waals surface area contributed by atoms with Crippen LogP contribution in [0.5, 0.6) is 17.2 Å². The Morgan fingerprint density at radius 2 is 1.66 bits per heavy atom. The number of aromatic amines is 1. The molecule has 35 heavy (non-hydrogen) atoms. The Bertz CT molecular complexity index is 1320.